The first kappa shape index (κ1) is 12.4. The summed E-state index contributed by atoms with van der Waals surface area (Å²) in [7, 11) is 0. The second-order valence-corrected chi connectivity index (χ2v) is 5.30. The third kappa shape index (κ3) is 2.30. The molecule has 0 aliphatic heterocycles. The van der Waals surface area contributed by atoms with Gasteiger partial charge < -0.3 is 5.73 Å². The minimum absolute atomic E-state index is 0.211. The van der Waals surface area contributed by atoms with E-state index < -0.39 is 0 Å². The van der Waals surface area contributed by atoms with Gasteiger partial charge in [-0.3, -0.25) is 4.68 Å². The fourth-order valence-corrected chi connectivity index (χ4v) is 3.01. The van der Waals surface area contributed by atoms with E-state index >= 15 is 0 Å². The van der Waals surface area contributed by atoms with Crippen molar-refractivity contribution in [2.45, 2.75) is 45.2 Å². The van der Waals surface area contributed by atoms with Gasteiger partial charge in [0, 0.05) is 24.3 Å². The predicted molar refractivity (Wildman–Crippen MR) is 77.8 cm³/mol. The molecule has 1 aliphatic rings. The number of aryl methyl sites for hydroxylation is 2. The Hall–Kier alpha value is -1.61. The highest BCUT2D eigenvalue weighted by Crippen LogP contribution is 2.30. The molecule has 1 unspecified atom stereocenters. The zero-order valence-electron chi connectivity index (χ0n) is 11.5. The van der Waals surface area contributed by atoms with Crippen molar-refractivity contribution in [3.05, 3.63) is 41.6 Å². The minimum Gasteiger partial charge on any atom is -0.324 e. The van der Waals surface area contributed by atoms with Crippen molar-refractivity contribution in [1.29, 1.82) is 0 Å². The van der Waals surface area contributed by atoms with Crippen LogP contribution in [-0.4, -0.2) is 9.78 Å². The highest BCUT2D eigenvalue weighted by molar-refractivity contribution is 5.61. The maximum Gasteiger partial charge on any atom is 0.0682 e. The molecule has 1 aromatic heterocycles. The van der Waals surface area contributed by atoms with E-state index in [1.807, 2.05) is 10.9 Å². The Balaban J connectivity index is 2.03. The van der Waals surface area contributed by atoms with Crippen molar-refractivity contribution >= 4 is 0 Å². The van der Waals surface area contributed by atoms with Crippen molar-refractivity contribution < 1.29 is 0 Å². The molecule has 1 aromatic carbocycles. The molecule has 0 saturated heterocycles. The summed E-state index contributed by atoms with van der Waals surface area (Å²) in [6, 6.07) is 9.01. The lowest BCUT2D eigenvalue weighted by atomic mass is 9.96. The number of aromatic nitrogens is 2. The van der Waals surface area contributed by atoms with Gasteiger partial charge in [0.2, 0.25) is 0 Å². The third-order valence-electron chi connectivity index (χ3n) is 4.07. The molecule has 0 bridgehead atoms. The average molecular weight is 255 g/mol. The Bertz CT molecular complexity index is 571. The molecular formula is C16H21N3. The Morgan fingerprint density at radius 1 is 1.32 bits per heavy atom. The summed E-state index contributed by atoms with van der Waals surface area (Å²) in [5, 5.41) is 4.35. The zero-order chi connectivity index (χ0) is 13.2. The van der Waals surface area contributed by atoms with E-state index in [-0.39, 0.29) is 6.04 Å². The SMILES string of the molecule is CCn1nccc1-c1ccc2c(c1)CCCCC2N. The quantitative estimate of drug-likeness (QED) is 0.837. The highest BCUT2D eigenvalue weighted by atomic mass is 15.3. The van der Waals surface area contributed by atoms with Gasteiger partial charge in [-0.15, -0.1) is 0 Å². The van der Waals surface area contributed by atoms with Crippen LogP contribution in [0.25, 0.3) is 11.3 Å². The van der Waals surface area contributed by atoms with Crippen LogP contribution >= 0.6 is 0 Å². The maximum absolute atomic E-state index is 6.25. The molecule has 0 spiro atoms. The van der Waals surface area contributed by atoms with Crippen LogP contribution in [0.4, 0.5) is 0 Å². The Morgan fingerprint density at radius 2 is 2.21 bits per heavy atom. The first-order chi connectivity index (χ1) is 9.29. The standard InChI is InChI=1S/C16H21N3/c1-2-19-16(9-10-18-19)13-7-8-14-12(11-13)5-3-4-6-15(14)17/h7-11,15H,2-6,17H2,1H3. The lowest BCUT2D eigenvalue weighted by Gasteiger charge is -2.14. The van der Waals surface area contributed by atoms with E-state index in [2.05, 4.69) is 36.3 Å². The van der Waals surface area contributed by atoms with Gasteiger partial charge >= 0.3 is 0 Å². The number of hydrogen-bond acceptors (Lipinski definition) is 2. The number of benzene rings is 1. The minimum atomic E-state index is 0.211. The van der Waals surface area contributed by atoms with E-state index in [4.69, 9.17) is 5.73 Å². The first-order valence-electron chi connectivity index (χ1n) is 7.20. The second-order valence-electron chi connectivity index (χ2n) is 5.30. The van der Waals surface area contributed by atoms with Crippen LogP contribution in [0.3, 0.4) is 0 Å². The maximum atomic E-state index is 6.25. The summed E-state index contributed by atoms with van der Waals surface area (Å²) in [6.07, 6.45) is 6.61. The molecule has 0 saturated carbocycles. The van der Waals surface area contributed by atoms with Crippen LogP contribution in [0.1, 0.15) is 43.4 Å². The van der Waals surface area contributed by atoms with Gasteiger partial charge in [-0.05, 0) is 49.4 Å². The van der Waals surface area contributed by atoms with Gasteiger partial charge in [0.1, 0.15) is 0 Å². The van der Waals surface area contributed by atoms with E-state index in [9.17, 15) is 0 Å². The lowest BCUT2D eigenvalue weighted by molar-refractivity contribution is 0.615. The first-order valence-corrected chi connectivity index (χ1v) is 7.20. The number of rotatable bonds is 2. The van der Waals surface area contributed by atoms with Crippen molar-refractivity contribution in [3.8, 4) is 11.3 Å². The van der Waals surface area contributed by atoms with Crippen LogP contribution in [0.2, 0.25) is 0 Å². The predicted octanol–water partition coefficient (Wildman–Crippen LogP) is 3.30. The molecule has 2 aromatic rings. The van der Waals surface area contributed by atoms with Gasteiger partial charge in [0.25, 0.3) is 0 Å². The largest absolute Gasteiger partial charge is 0.324 e. The third-order valence-corrected chi connectivity index (χ3v) is 4.07. The molecule has 3 nitrogen and oxygen atoms in total. The van der Waals surface area contributed by atoms with E-state index in [1.54, 1.807) is 0 Å². The molecule has 0 amide bonds. The van der Waals surface area contributed by atoms with Gasteiger partial charge in [-0.2, -0.15) is 5.10 Å². The topological polar surface area (TPSA) is 43.8 Å². The molecular weight excluding hydrogens is 234 g/mol. The smallest absolute Gasteiger partial charge is 0.0682 e. The Labute approximate surface area is 114 Å². The lowest BCUT2D eigenvalue weighted by Crippen LogP contribution is -2.10. The Kier molecular flexibility index (Phi) is 3.38. The van der Waals surface area contributed by atoms with Crippen molar-refractivity contribution in [3.63, 3.8) is 0 Å². The molecule has 0 fully saturated rings. The van der Waals surface area contributed by atoms with Crippen LogP contribution in [0, 0.1) is 0 Å². The van der Waals surface area contributed by atoms with Crippen molar-refractivity contribution in [2.75, 3.05) is 0 Å². The van der Waals surface area contributed by atoms with Gasteiger partial charge in [-0.1, -0.05) is 18.6 Å². The number of fused-ring (bicyclic) bond motifs is 1. The van der Waals surface area contributed by atoms with Gasteiger partial charge in [-0.25, -0.2) is 0 Å². The Morgan fingerprint density at radius 3 is 3.05 bits per heavy atom. The average Bonchev–Trinajstić information content (AvgIpc) is 2.84. The van der Waals surface area contributed by atoms with Crippen molar-refractivity contribution in [2.24, 2.45) is 5.73 Å². The summed E-state index contributed by atoms with van der Waals surface area (Å²) >= 11 is 0. The normalized spacial score (nSPS) is 18.9. The number of nitrogens with zero attached hydrogens (tertiary/aromatic N) is 2. The molecule has 1 atom stereocenters. The zero-order valence-corrected chi connectivity index (χ0v) is 11.5. The second kappa shape index (κ2) is 5.17. The van der Waals surface area contributed by atoms with Crippen LogP contribution < -0.4 is 5.73 Å². The van der Waals surface area contributed by atoms with Crippen LogP contribution in [-0.2, 0) is 13.0 Å². The number of hydrogen-bond donors (Lipinski definition) is 1. The van der Waals surface area contributed by atoms with Crippen LogP contribution in [0.15, 0.2) is 30.5 Å². The molecule has 2 N–H and O–H groups in total. The monoisotopic (exact) mass is 255 g/mol. The number of nitrogens with two attached hydrogens (primary N) is 1. The fraction of sp³-hybridized carbons (Fsp3) is 0.438. The summed E-state index contributed by atoms with van der Waals surface area (Å²) in [6.45, 7) is 3.02. The summed E-state index contributed by atoms with van der Waals surface area (Å²) in [5.74, 6) is 0. The summed E-state index contributed by atoms with van der Waals surface area (Å²) in [4.78, 5) is 0. The molecule has 19 heavy (non-hydrogen) atoms. The van der Waals surface area contributed by atoms with Gasteiger partial charge in [0.05, 0.1) is 5.69 Å². The summed E-state index contributed by atoms with van der Waals surface area (Å²) < 4.78 is 2.04. The highest BCUT2D eigenvalue weighted by Gasteiger charge is 2.16. The molecule has 100 valence electrons. The fourth-order valence-electron chi connectivity index (χ4n) is 3.01. The van der Waals surface area contributed by atoms with Crippen molar-refractivity contribution in [1.82, 2.24) is 9.78 Å². The molecule has 3 heteroatoms. The molecule has 1 aliphatic carbocycles. The van der Waals surface area contributed by atoms with E-state index in [0.717, 1.165) is 19.4 Å². The van der Waals surface area contributed by atoms with Gasteiger partial charge in [0.15, 0.2) is 0 Å². The van der Waals surface area contributed by atoms with E-state index in [0.29, 0.717) is 0 Å². The molecule has 3 rings (SSSR count). The summed E-state index contributed by atoms with van der Waals surface area (Å²) in [5.41, 5.74) is 11.5. The van der Waals surface area contributed by atoms with Crippen LogP contribution in [0.5, 0.6) is 0 Å². The molecule has 1 heterocycles. The molecule has 0 radical (unpaired) electrons. The van der Waals surface area contributed by atoms with E-state index in [1.165, 1.54) is 35.2 Å².